The van der Waals surface area contributed by atoms with Crippen LogP contribution in [0.2, 0.25) is 19.6 Å². The summed E-state index contributed by atoms with van der Waals surface area (Å²) in [5.41, 5.74) is 5.25. The van der Waals surface area contributed by atoms with Gasteiger partial charge in [0.2, 0.25) is 0 Å². The Labute approximate surface area is 142 Å². The van der Waals surface area contributed by atoms with Crippen LogP contribution in [0.1, 0.15) is 11.1 Å². The first-order valence-electron chi connectivity index (χ1n) is 8.20. The first kappa shape index (κ1) is 17.8. The molecule has 0 aliphatic rings. The van der Waals surface area contributed by atoms with E-state index < -0.39 is 8.07 Å². The molecule has 2 rings (SSSR count). The lowest BCUT2D eigenvalue weighted by Crippen LogP contribution is -2.24. The molecule has 124 valence electrons. The highest BCUT2D eigenvalue weighted by Gasteiger charge is 2.19. The minimum Gasteiger partial charge on any atom is -0.496 e. The van der Waals surface area contributed by atoms with E-state index in [2.05, 4.69) is 81.1 Å². The van der Waals surface area contributed by atoms with Crippen LogP contribution >= 0.6 is 0 Å². The average Bonchev–Trinajstić information content (AvgIpc) is 2.46. The molecule has 0 bridgehead atoms. The van der Waals surface area contributed by atoms with Gasteiger partial charge in [-0.1, -0.05) is 56.0 Å². The Bertz CT molecular complexity index is 645. The first-order chi connectivity index (χ1) is 10.8. The second kappa shape index (κ2) is 7.32. The molecule has 0 aliphatic heterocycles. The van der Waals surface area contributed by atoms with E-state index in [1.807, 2.05) is 0 Å². The third-order valence-electron chi connectivity index (χ3n) is 3.80. The second-order valence-corrected chi connectivity index (χ2v) is 13.1. The fourth-order valence-electron chi connectivity index (χ4n) is 2.93. The topological polar surface area (TPSA) is 12.5 Å². The van der Waals surface area contributed by atoms with Crippen molar-refractivity contribution in [3.05, 3.63) is 53.6 Å². The largest absolute Gasteiger partial charge is 0.496 e. The van der Waals surface area contributed by atoms with Gasteiger partial charge in [-0.3, -0.25) is 0 Å². The standard InChI is InChI=1S/C20H29NOSi/c1-21(2)14-17-12-18(15-23(4,5)6)20(22-3)13-19(17)16-10-8-7-9-11-16/h7-13H,14-15H2,1-6H3. The van der Waals surface area contributed by atoms with Crippen molar-refractivity contribution in [2.24, 2.45) is 0 Å². The van der Waals surface area contributed by atoms with E-state index >= 15 is 0 Å². The number of ether oxygens (including phenoxy) is 1. The fourth-order valence-corrected chi connectivity index (χ4v) is 4.35. The molecule has 0 spiro atoms. The Morgan fingerprint density at radius 2 is 1.61 bits per heavy atom. The van der Waals surface area contributed by atoms with Crippen molar-refractivity contribution in [2.45, 2.75) is 32.2 Å². The van der Waals surface area contributed by atoms with Crippen LogP contribution in [0.25, 0.3) is 11.1 Å². The van der Waals surface area contributed by atoms with E-state index in [0.717, 1.165) is 18.3 Å². The van der Waals surface area contributed by atoms with E-state index in [0.29, 0.717) is 0 Å². The fraction of sp³-hybridized carbons (Fsp3) is 0.400. The maximum absolute atomic E-state index is 5.72. The zero-order valence-electron chi connectivity index (χ0n) is 15.3. The predicted molar refractivity (Wildman–Crippen MR) is 103 cm³/mol. The van der Waals surface area contributed by atoms with E-state index in [1.54, 1.807) is 7.11 Å². The van der Waals surface area contributed by atoms with E-state index in [1.165, 1.54) is 22.3 Å². The van der Waals surface area contributed by atoms with E-state index in [4.69, 9.17) is 4.74 Å². The molecule has 0 unspecified atom stereocenters. The van der Waals surface area contributed by atoms with Crippen LogP contribution in [0.3, 0.4) is 0 Å². The zero-order chi connectivity index (χ0) is 17.0. The van der Waals surface area contributed by atoms with Gasteiger partial charge in [0, 0.05) is 14.6 Å². The smallest absolute Gasteiger partial charge is 0.122 e. The van der Waals surface area contributed by atoms with E-state index in [9.17, 15) is 0 Å². The molecule has 0 radical (unpaired) electrons. The van der Waals surface area contributed by atoms with Crippen LogP contribution in [0, 0.1) is 0 Å². The number of benzene rings is 2. The summed E-state index contributed by atoms with van der Waals surface area (Å²) >= 11 is 0. The lowest BCUT2D eigenvalue weighted by molar-refractivity contribution is 0.399. The highest BCUT2D eigenvalue weighted by atomic mass is 28.3. The van der Waals surface area contributed by atoms with Crippen LogP contribution in [0.4, 0.5) is 0 Å². The third-order valence-corrected chi connectivity index (χ3v) is 5.24. The number of hydrogen-bond acceptors (Lipinski definition) is 2. The summed E-state index contributed by atoms with van der Waals surface area (Å²) in [6, 6.07) is 16.3. The minimum atomic E-state index is -1.20. The van der Waals surface area contributed by atoms with Crippen LogP contribution in [0.5, 0.6) is 5.75 Å². The molecule has 2 aromatic rings. The minimum absolute atomic E-state index is 0.937. The Balaban J connectivity index is 2.57. The van der Waals surface area contributed by atoms with Gasteiger partial charge in [-0.2, -0.15) is 0 Å². The van der Waals surface area contributed by atoms with Crippen LogP contribution < -0.4 is 4.74 Å². The van der Waals surface area contributed by atoms with Gasteiger partial charge in [0.05, 0.1) is 7.11 Å². The Hall–Kier alpha value is -1.58. The molecule has 0 fully saturated rings. The molecule has 2 nitrogen and oxygen atoms in total. The SMILES string of the molecule is COc1cc(-c2ccccc2)c(CN(C)C)cc1C[Si](C)(C)C. The molecule has 0 saturated carbocycles. The molecule has 0 atom stereocenters. The highest BCUT2D eigenvalue weighted by molar-refractivity contribution is 6.75. The van der Waals surface area contributed by atoms with Gasteiger partial charge in [-0.05, 0) is 48.5 Å². The summed E-state index contributed by atoms with van der Waals surface area (Å²) in [6.45, 7) is 8.16. The van der Waals surface area contributed by atoms with Gasteiger partial charge in [-0.25, -0.2) is 0 Å². The number of methoxy groups -OCH3 is 1. The molecule has 0 N–H and O–H groups in total. The maximum Gasteiger partial charge on any atom is 0.122 e. The molecule has 23 heavy (non-hydrogen) atoms. The van der Waals surface area contributed by atoms with Crippen molar-refractivity contribution < 1.29 is 4.74 Å². The number of hydrogen-bond donors (Lipinski definition) is 0. The molecule has 0 saturated heterocycles. The number of rotatable bonds is 6. The monoisotopic (exact) mass is 327 g/mol. The summed E-state index contributed by atoms with van der Waals surface area (Å²) in [7, 11) is 4.83. The van der Waals surface area contributed by atoms with Crippen molar-refractivity contribution in [3.63, 3.8) is 0 Å². The second-order valence-electron chi connectivity index (χ2n) is 7.66. The molecular weight excluding hydrogens is 298 g/mol. The van der Waals surface area contributed by atoms with Crippen molar-refractivity contribution >= 4 is 8.07 Å². The average molecular weight is 328 g/mol. The van der Waals surface area contributed by atoms with Crippen molar-refractivity contribution in [1.29, 1.82) is 0 Å². The maximum atomic E-state index is 5.72. The van der Waals surface area contributed by atoms with Crippen molar-refractivity contribution in [1.82, 2.24) is 4.90 Å². The molecule has 3 heteroatoms. The predicted octanol–water partition coefficient (Wildman–Crippen LogP) is 4.84. The van der Waals surface area contributed by atoms with Gasteiger partial charge < -0.3 is 9.64 Å². The Kier molecular flexibility index (Phi) is 5.66. The summed E-state index contributed by atoms with van der Waals surface area (Å²) < 4.78 is 5.72. The molecule has 0 aliphatic carbocycles. The van der Waals surface area contributed by atoms with Crippen LogP contribution in [-0.4, -0.2) is 34.2 Å². The Morgan fingerprint density at radius 3 is 2.13 bits per heavy atom. The summed E-state index contributed by atoms with van der Waals surface area (Å²) in [4.78, 5) is 2.23. The Morgan fingerprint density at radius 1 is 0.957 bits per heavy atom. The third kappa shape index (κ3) is 4.95. The molecule has 2 aromatic carbocycles. The first-order valence-corrected chi connectivity index (χ1v) is 11.9. The van der Waals surface area contributed by atoms with Crippen LogP contribution in [0.15, 0.2) is 42.5 Å². The summed E-state index contributed by atoms with van der Waals surface area (Å²) in [5.74, 6) is 1.02. The normalized spacial score (nSPS) is 11.8. The molecule has 0 amide bonds. The van der Waals surface area contributed by atoms with Gasteiger partial charge >= 0.3 is 0 Å². The van der Waals surface area contributed by atoms with Gasteiger partial charge in [-0.15, -0.1) is 0 Å². The van der Waals surface area contributed by atoms with Gasteiger partial charge in [0.25, 0.3) is 0 Å². The van der Waals surface area contributed by atoms with Gasteiger partial charge in [0.15, 0.2) is 0 Å². The van der Waals surface area contributed by atoms with Crippen molar-refractivity contribution in [2.75, 3.05) is 21.2 Å². The highest BCUT2D eigenvalue weighted by Crippen LogP contribution is 2.33. The summed E-state index contributed by atoms with van der Waals surface area (Å²) in [6.07, 6.45) is 0. The van der Waals surface area contributed by atoms with E-state index in [-0.39, 0.29) is 0 Å². The zero-order valence-corrected chi connectivity index (χ0v) is 16.3. The molecule has 0 aromatic heterocycles. The number of nitrogens with zero attached hydrogens (tertiary/aromatic N) is 1. The van der Waals surface area contributed by atoms with Gasteiger partial charge in [0.1, 0.15) is 5.75 Å². The lowest BCUT2D eigenvalue weighted by Gasteiger charge is -2.22. The summed E-state index contributed by atoms with van der Waals surface area (Å²) in [5, 5.41) is 0. The molecule has 0 heterocycles. The van der Waals surface area contributed by atoms with Crippen LogP contribution in [-0.2, 0) is 12.6 Å². The quantitative estimate of drug-likeness (QED) is 0.704. The van der Waals surface area contributed by atoms with Crippen molar-refractivity contribution in [3.8, 4) is 16.9 Å². The molecular formula is C20H29NOSi. The lowest BCUT2D eigenvalue weighted by atomic mass is 9.96.